The van der Waals surface area contributed by atoms with Crippen molar-refractivity contribution in [2.45, 2.75) is 11.6 Å². The van der Waals surface area contributed by atoms with E-state index in [4.69, 9.17) is 4.74 Å². The van der Waals surface area contributed by atoms with Crippen molar-refractivity contribution in [2.75, 3.05) is 19.4 Å². The molecule has 0 bridgehead atoms. The lowest BCUT2D eigenvalue weighted by atomic mass is 10.1. The highest BCUT2D eigenvalue weighted by atomic mass is 32.2. The molecule has 27 heavy (non-hydrogen) atoms. The first-order chi connectivity index (χ1) is 13.2. The quantitative estimate of drug-likeness (QED) is 0.601. The SMILES string of the molecule is COc1ccccc1CCNC(=O)CSc1nnc(-c2ccncc2)n1C. The van der Waals surface area contributed by atoms with E-state index >= 15 is 0 Å². The van der Waals surface area contributed by atoms with Crippen molar-refractivity contribution >= 4 is 17.7 Å². The number of thioether (sulfide) groups is 1. The molecule has 1 aromatic carbocycles. The van der Waals surface area contributed by atoms with Crippen LogP contribution in [0, 0.1) is 0 Å². The van der Waals surface area contributed by atoms with Gasteiger partial charge in [0.2, 0.25) is 5.91 Å². The molecule has 3 aromatic rings. The molecule has 1 amide bonds. The molecule has 8 heteroatoms. The molecule has 2 heterocycles. The number of carbonyl (C=O) groups is 1. The van der Waals surface area contributed by atoms with E-state index in [9.17, 15) is 4.79 Å². The number of nitrogens with zero attached hydrogens (tertiary/aromatic N) is 4. The van der Waals surface area contributed by atoms with Crippen molar-refractivity contribution in [3.63, 3.8) is 0 Å². The third-order valence-corrected chi connectivity index (χ3v) is 5.04. The summed E-state index contributed by atoms with van der Waals surface area (Å²) in [5.74, 6) is 1.83. The lowest BCUT2D eigenvalue weighted by Gasteiger charge is -2.09. The molecular formula is C19H21N5O2S. The highest BCUT2D eigenvalue weighted by Gasteiger charge is 2.12. The molecule has 0 aliphatic heterocycles. The molecule has 0 unspecified atom stereocenters. The van der Waals surface area contributed by atoms with Crippen LogP contribution in [-0.2, 0) is 18.3 Å². The number of benzene rings is 1. The first kappa shape index (κ1) is 18.9. The van der Waals surface area contributed by atoms with E-state index in [1.807, 2.05) is 48.0 Å². The summed E-state index contributed by atoms with van der Waals surface area (Å²) in [6.07, 6.45) is 4.15. The van der Waals surface area contributed by atoms with Crippen LogP contribution in [0.1, 0.15) is 5.56 Å². The number of amides is 1. The molecule has 1 N–H and O–H groups in total. The second kappa shape index (κ2) is 9.18. The van der Waals surface area contributed by atoms with Gasteiger partial charge in [0.05, 0.1) is 12.9 Å². The molecule has 0 aliphatic carbocycles. The minimum absolute atomic E-state index is 0.0386. The number of rotatable bonds is 8. The molecule has 0 radical (unpaired) electrons. The molecule has 2 aromatic heterocycles. The molecule has 0 aliphatic rings. The third kappa shape index (κ3) is 4.85. The van der Waals surface area contributed by atoms with Crippen LogP contribution in [0.25, 0.3) is 11.4 Å². The van der Waals surface area contributed by atoms with Crippen LogP contribution in [0.2, 0.25) is 0 Å². The normalized spacial score (nSPS) is 10.6. The van der Waals surface area contributed by atoms with Crippen molar-refractivity contribution in [1.82, 2.24) is 25.1 Å². The summed E-state index contributed by atoms with van der Waals surface area (Å²) < 4.78 is 7.20. The van der Waals surface area contributed by atoms with E-state index in [1.54, 1.807) is 19.5 Å². The highest BCUT2D eigenvalue weighted by Crippen LogP contribution is 2.22. The fraction of sp³-hybridized carbons (Fsp3) is 0.263. The first-order valence-electron chi connectivity index (χ1n) is 8.50. The average Bonchev–Trinajstić information content (AvgIpc) is 3.08. The van der Waals surface area contributed by atoms with Gasteiger partial charge in [-0.2, -0.15) is 0 Å². The molecule has 7 nitrogen and oxygen atoms in total. The van der Waals surface area contributed by atoms with Gasteiger partial charge in [-0.15, -0.1) is 10.2 Å². The van der Waals surface area contributed by atoms with Crippen LogP contribution >= 0.6 is 11.8 Å². The summed E-state index contributed by atoms with van der Waals surface area (Å²) in [6.45, 7) is 0.556. The minimum atomic E-state index is -0.0386. The molecule has 140 valence electrons. The summed E-state index contributed by atoms with van der Waals surface area (Å²) in [5, 5.41) is 12.0. The van der Waals surface area contributed by atoms with E-state index < -0.39 is 0 Å². The van der Waals surface area contributed by atoms with Gasteiger partial charge >= 0.3 is 0 Å². The van der Waals surface area contributed by atoms with E-state index in [2.05, 4.69) is 20.5 Å². The first-order valence-corrected chi connectivity index (χ1v) is 9.48. The van der Waals surface area contributed by atoms with Gasteiger partial charge in [0.15, 0.2) is 11.0 Å². The summed E-state index contributed by atoms with van der Waals surface area (Å²) in [6, 6.07) is 11.6. The molecule has 0 spiro atoms. The summed E-state index contributed by atoms with van der Waals surface area (Å²) in [5.41, 5.74) is 2.01. The van der Waals surface area contributed by atoms with Gasteiger partial charge in [-0.3, -0.25) is 9.78 Å². The van der Waals surface area contributed by atoms with Crippen molar-refractivity contribution in [2.24, 2.45) is 7.05 Å². The topological polar surface area (TPSA) is 81.9 Å². The Hall–Kier alpha value is -2.87. The maximum Gasteiger partial charge on any atom is 0.230 e. The van der Waals surface area contributed by atoms with Crippen LogP contribution in [0.4, 0.5) is 0 Å². The van der Waals surface area contributed by atoms with Crippen LogP contribution < -0.4 is 10.1 Å². The standard InChI is InChI=1S/C19H21N5O2S/c1-24-18(15-7-10-20-11-8-15)22-23-19(24)27-13-17(25)21-12-9-14-5-3-4-6-16(14)26-2/h3-8,10-11H,9,12-13H2,1-2H3,(H,21,25). The maximum absolute atomic E-state index is 12.1. The van der Waals surface area contributed by atoms with Gasteiger partial charge in [0.1, 0.15) is 5.75 Å². The number of methoxy groups -OCH3 is 1. The smallest absolute Gasteiger partial charge is 0.230 e. The Morgan fingerprint density at radius 1 is 1.19 bits per heavy atom. The zero-order chi connectivity index (χ0) is 19.1. The van der Waals surface area contributed by atoms with Gasteiger partial charge in [0, 0.05) is 31.5 Å². The van der Waals surface area contributed by atoms with Gasteiger partial charge in [-0.25, -0.2) is 0 Å². The number of hydrogen-bond donors (Lipinski definition) is 1. The number of carbonyl (C=O) groups excluding carboxylic acids is 1. The van der Waals surface area contributed by atoms with Crippen LogP contribution in [0.5, 0.6) is 5.75 Å². The van der Waals surface area contributed by atoms with E-state index in [0.29, 0.717) is 11.7 Å². The lowest BCUT2D eigenvalue weighted by Crippen LogP contribution is -2.27. The molecule has 0 fully saturated rings. The van der Waals surface area contributed by atoms with Crippen LogP contribution in [0.3, 0.4) is 0 Å². The number of aromatic nitrogens is 4. The zero-order valence-corrected chi connectivity index (χ0v) is 16.1. The summed E-state index contributed by atoms with van der Waals surface area (Å²) in [7, 11) is 3.53. The zero-order valence-electron chi connectivity index (χ0n) is 15.3. The Bertz CT molecular complexity index is 898. The Morgan fingerprint density at radius 2 is 1.96 bits per heavy atom. The van der Waals surface area contributed by atoms with Gasteiger partial charge in [-0.1, -0.05) is 30.0 Å². The highest BCUT2D eigenvalue weighted by molar-refractivity contribution is 7.99. The Balaban J connectivity index is 1.49. The second-order valence-electron chi connectivity index (χ2n) is 5.80. The van der Waals surface area contributed by atoms with Gasteiger partial charge < -0.3 is 14.6 Å². The molecule has 0 saturated heterocycles. The average molecular weight is 383 g/mol. The molecule has 0 atom stereocenters. The largest absolute Gasteiger partial charge is 0.496 e. The molecule has 0 saturated carbocycles. The number of ether oxygens (including phenoxy) is 1. The van der Waals surface area contributed by atoms with E-state index in [0.717, 1.165) is 29.1 Å². The minimum Gasteiger partial charge on any atom is -0.496 e. The fourth-order valence-electron chi connectivity index (χ4n) is 2.62. The summed E-state index contributed by atoms with van der Waals surface area (Å²) >= 11 is 1.36. The Kier molecular flexibility index (Phi) is 6.43. The number of pyridine rings is 1. The van der Waals surface area contributed by atoms with Gasteiger partial charge in [0.25, 0.3) is 0 Å². The predicted molar refractivity (Wildman–Crippen MR) is 105 cm³/mol. The maximum atomic E-state index is 12.1. The number of nitrogens with one attached hydrogen (secondary N) is 1. The van der Waals surface area contributed by atoms with Crippen molar-refractivity contribution in [1.29, 1.82) is 0 Å². The van der Waals surface area contributed by atoms with Crippen molar-refractivity contribution in [3.8, 4) is 17.1 Å². The second-order valence-corrected chi connectivity index (χ2v) is 6.74. The van der Waals surface area contributed by atoms with Crippen molar-refractivity contribution in [3.05, 3.63) is 54.4 Å². The van der Waals surface area contributed by atoms with Crippen molar-refractivity contribution < 1.29 is 9.53 Å². The molecule has 3 rings (SSSR count). The third-order valence-electron chi connectivity index (χ3n) is 4.01. The lowest BCUT2D eigenvalue weighted by molar-refractivity contribution is -0.118. The van der Waals surface area contributed by atoms with Gasteiger partial charge in [-0.05, 0) is 30.2 Å². The van der Waals surface area contributed by atoms with Crippen LogP contribution in [0.15, 0.2) is 53.9 Å². The molecular weight excluding hydrogens is 362 g/mol. The van der Waals surface area contributed by atoms with E-state index in [-0.39, 0.29) is 11.7 Å². The van der Waals surface area contributed by atoms with E-state index in [1.165, 1.54) is 11.8 Å². The van der Waals surface area contributed by atoms with Crippen LogP contribution in [-0.4, -0.2) is 45.1 Å². The Labute approximate surface area is 162 Å². The fourth-order valence-corrected chi connectivity index (χ4v) is 3.36. The predicted octanol–water partition coefficient (Wildman–Crippen LogP) is 2.34. The monoisotopic (exact) mass is 383 g/mol. The Morgan fingerprint density at radius 3 is 2.74 bits per heavy atom. The number of hydrogen-bond acceptors (Lipinski definition) is 6. The summed E-state index contributed by atoms with van der Waals surface area (Å²) in [4.78, 5) is 16.1. The number of para-hydroxylation sites is 1.